The van der Waals surface area contributed by atoms with Gasteiger partial charge < -0.3 is 20.6 Å². The summed E-state index contributed by atoms with van der Waals surface area (Å²) in [7, 11) is 0. The minimum atomic E-state index is -0.531. The molecule has 0 unspecified atom stereocenters. The molecule has 0 spiro atoms. The molecule has 96 valence electrons. The molecule has 0 saturated carbocycles. The van der Waals surface area contributed by atoms with Crippen LogP contribution in [-0.4, -0.2) is 9.13 Å². The standard InChI is InChI=1S/C12H16N4O2/c1-3-15-9-5-7(13)8(14)6-10(9)16(4-2)12(18)11(15)17/h5-6H,3-4,13-14H2,1-2H3. The number of benzene rings is 1. The monoisotopic (exact) mass is 248 g/mol. The molecule has 0 bridgehead atoms. The van der Waals surface area contributed by atoms with Gasteiger partial charge in [0.25, 0.3) is 0 Å². The number of fused-ring (bicyclic) bond motifs is 1. The molecule has 0 radical (unpaired) electrons. The maximum atomic E-state index is 11.9. The molecule has 0 saturated heterocycles. The molecule has 2 aromatic rings. The summed E-state index contributed by atoms with van der Waals surface area (Å²) in [5.41, 5.74) is 12.5. The fourth-order valence-electron chi connectivity index (χ4n) is 2.12. The molecule has 1 aromatic heterocycles. The highest BCUT2D eigenvalue weighted by Gasteiger charge is 2.12. The first-order valence-corrected chi connectivity index (χ1v) is 5.83. The van der Waals surface area contributed by atoms with Gasteiger partial charge in [0.2, 0.25) is 0 Å². The first kappa shape index (κ1) is 12.2. The van der Waals surface area contributed by atoms with Gasteiger partial charge >= 0.3 is 11.1 Å². The summed E-state index contributed by atoms with van der Waals surface area (Å²) in [4.78, 5) is 23.9. The number of hydrogen-bond donors (Lipinski definition) is 2. The van der Waals surface area contributed by atoms with Crippen LogP contribution >= 0.6 is 0 Å². The number of nitrogen functional groups attached to an aromatic ring is 2. The van der Waals surface area contributed by atoms with E-state index in [2.05, 4.69) is 0 Å². The lowest BCUT2D eigenvalue weighted by molar-refractivity contribution is 0.683. The summed E-state index contributed by atoms with van der Waals surface area (Å²) in [6, 6.07) is 3.28. The number of aryl methyl sites for hydroxylation is 2. The van der Waals surface area contributed by atoms with E-state index in [1.54, 1.807) is 12.1 Å². The van der Waals surface area contributed by atoms with Crippen LogP contribution in [0.25, 0.3) is 11.0 Å². The summed E-state index contributed by atoms with van der Waals surface area (Å²) < 4.78 is 2.83. The van der Waals surface area contributed by atoms with E-state index in [4.69, 9.17) is 11.5 Å². The zero-order valence-corrected chi connectivity index (χ0v) is 10.4. The third-order valence-corrected chi connectivity index (χ3v) is 3.07. The van der Waals surface area contributed by atoms with Crippen molar-refractivity contribution in [2.24, 2.45) is 0 Å². The molecule has 0 aliphatic carbocycles. The minimum Gasteiger partial charge on any atom is -0.397 e. The van der Waals surface area contributed by atoms with Crippen LogP contribution in [0, 0.1) is 0 Å². The second kappa shape index (κ2) is 4.21. The summed E-state index contributed by atoms with van der Waals surface area (Å²) in [6.45, 7) is 4.45. The van der Waals surface area contributed by atoms with Gasteiger partial charge in [0.05, 0.1) is 22.4 Å². The SMILES string of the molecule is CCn1c(=O)c(=O)n(CC)c2cc(N)c(N)cc21. The summed E-state index contributed by atoms with van der Waals surface area (Å²) in [5, 5.41) is 0. The van der Waals surface area contributed by atoms with Crippen molar-refractivity contribution in [1.82, 2.24) is 9.13 Å². The predicted molar refractivity (Wildman–Crippen MR) is 72.6 cm³/mol. The second-order valence-corrected chi connectivity index (χ2v) is 4.07. The van der Waals surface area contributed by atoms with E-state index in [0.29, 0.717) is 35.5 Å². The highest BCUT2D eigenvalue weighted by atomic mass is 16.2. The first-order chi connectivity index (χ1) is 8.51. The molecule has 18 heavy (non-hydrogen) atoms. The van der Waals surface area contributed by atoms with Crippen molar-refractivity contribution in [2.75, 3.05) is 11.5 Å². The van der Waals surface area contributed by atoms with E-state index >= 15 is 0 Å². The predicted octanol–water partition coefficient (Wildman–Crippen LogP) is 0.367. The van der Waals surface area contributed by atoms with Crippen LogP contribution in [0.1, 0.15) is 13.8 Å². The number of nitrogens with zero attached hydrogens (tertiary/aromatic N) is 2. The number of nitrogens with two attached hydrogens (primary N) is 2. The van der Waals surface area contributed by atoms with Crippen LogP contribution in [0.4, 0.5) is 11.4 Å². The van der Waals surface area contributed by atoms with Crippen molar-refractivity contribution in [3.63, 3.8) is 0 Å². The van der Waals surface area contributed by atoms with Crippen molar-refractivity contribution < 1.29 is 0 Å². The lowest BCUT2D eigenvalue weighted by Crippen LogP contribution is -2.41. The minimum absolute atomic E-state index is 0.408. The highest BCUT2D eigenvalue weighted by Crippen LogP contribution is 2.22. The molecule has 2 rings (SSSR count). The van der Waals surface area contributed by atoms with Crippen molar-refractivity contribution in [3.05, 3.63) is 32.8 Å². The maximum Gasteiger partial charge on any atom is 0.316 e. The third-order valence-electron chi connectivity index (χ3n) is 3.07. The molecule has 6 nitrogen and oxygen atoms in total. The molecule has 0 amide bonds. The molecule has 0 atom stereocenters. The number of rotatable bonds is 2. The lowest BCUT2D eigenvalue weighted by Gasteiger charge is -2.14. The van der Waals surface area contributed by atoms with E-state index in [1.807, 2.05) is 13.8 Å². The average molecular weight is 248 g/mol. The van der Waals surface area contributed by atoms with E-state index in [-0.39, 0.29) is 0 Å². The molecule has 1 heterocycles. The Kier molecular flexibility index (Phi) is 2.86. The molecule has 6 heteroatoms. The Hall–Kier alpha value is -2.24. The third kappa shape index (κ3) is 1.57. The van der Waals surface area contributed by atoms with Gasteiger partial charge in [-0.3, -0.25) is 9.59 Å². The number of anilines is 2. The normalized spacial score (nSPS) is 11.0. The Morgan fingerprint density at radius 3 is 1.50 bits per heavy atom. The van der Waals surface area contributed by atoms with E-state index < -0.39 is 11.1 Å². The Bertz CT molecular complexity index is 665. The molecule has 0 aliphatic rings. The Labute approximate surface area is 103 Å². The van der Waals surface area contributed by atoms with Crippen LogP contribution in [0.3, 0.4) is 0 Å². The van der Waals surface area contributed by atoms with Crippen molar-refractivity contribution in [3.8, 4) is 0 Å². The van der Waals surface area contributed by atoms with Crippen molar-refractivity contribution in [1.29, 1.82) is 0 Å². The van der Waals surface area contributed by atoms with Crippen LogP contribution in [0.2, 0.25) is 0 Å². The van der Waals surface area contributed by atoms with Crippen LogP contribution in [0.5, 0.6) is 0 Å². The summed E-state index contributed by atoms with van der Waals surface area (Å²) in [6.07, 6.45) is 0. The van der Waals surface area contributed by atoms with Gasteiger partial charge in [-0.2, -0.15) is 0 Å². The zero-order chi connectivity index (χ0) is 13.4. The Morgan fingerprint density at radius 2 is 1.22 bits per heavy atom. The topological polar surface area (TPSA) is 96.0 Å². The van der Waals surface area contributed by atoms with Gasteiger partial charge in [-0.1, -0.05) is 0 Å². The second-order valence-electron chi connectivity index (χ2n) is 4.07. The van der Waals surface area contributed by atoms with Crippen molar-refractivity contribution in [2.45, 2.75) is 26.9 Å². The molecule has 0 fully saturated rings. The fourth-order valence-corrected chi connectivity index (χ4v) is 2.12. The maximum absolute atomic E-state index is 11.9. The van der Waals surface area contributed by atoms with Crippen LogP contribution < -0.4 is 22.6 Å². The van der Waals surface area contributed by atoms with Gasteiger partial charge in [0.1, 0.15) is 0 Å². The molecule has 1 aromatic carbocycles. The average Bonchev–Trinajstić information content (AvgIpc) is 2.34. The van der Waals surface area contributed by atoms with E-state index in [1.165, 1.54) is 9.13 Å². The largest absolute Gasteiger partial charge is 0.397 e. The van der Waals surface area contributed by atoms with Gasteiger partial charge in [0.15, 0.2) is 0 Å². The van der Waals surface area contributed by atoms with E-state index in [9.17, 15) is 9.59 Å². The lowest BCUT2D eigenvalue weighted by atomic mass is 10.2. The van der Waals surface area contributed by atoms with Crippen LogP contribution in [-0.2, 0) is 13.1 Å². The highest BCUT2D eigenvalue weighted by molar-refractivity contribution is 5.86. The van der Waals surface area contributed by atoms with Crippen molar-refractivity contribution >= 4 is 22.4 Å². The number of aromatic nitrogens is 2. The zero-order valence-electron chi connectivity index (χ0n) is 10.4. The Balaban J connectivity index is 3.11. The molecule has 0 aliphatic heterocycles. The van der Waals surface area contributed by atoms with Crippen LogP contribution in [0.15, 0.2) is 21.7 Å². The molecular weight excluding hydrogens is 232 g/mol. The quantitative estimate of drug-likeness (QED) is 0.592. The summed E-state index contributed by atoms with van der Waals surface area (Å²) in [5.74, 6) is 0. The molecular formula is C12H16N4O2. The Morgan fingerprint density at radius 1 is 0.889 bits per heavy atom. The number of hydrogen-bond acceptors (Lipinski definition) is 4. The first-order valence-electron chi connectivity index (χ1n) is 5.83. The fraction of sp³-hybridized carbons (Fsp3) is 0.333. The summed E-state index contributed by atoms with van der Waals surface area (Å²) >= 11 is 0. The van der Waals surface area contributed by atoms with Gasteiger partial charge in [0, 0.05) is 13.1 Å². The van der Waals surface area contributed by atoms with Gasteiger partial charge in [-0.25, -0.2) is 0 Å². The van der Waals surface area contributed by atoms with Gasteiger partial charge in [-0.05, 0) is 26.0 Å². The molecule has 4 N–H and O–H groups in total. The van der Waals surface area contributed by atoms with E-state index in [0.717, 1.165) is 0 Å². The van der Waals surface area contributed by atoms with Gasteiger partial charge in [-0.15, -0.1) is 0 Å². The smallest absolute Gasteiger partial charge is 0.316 e.